The lowest BCUT2D eigenvalue weighted by atomic mass is 10.1. The summed E-state index contributed by atoms with van der Waals surface area (Å²) in [5.74, 6) is 1.08. The quantitative estimate of drug-likeness (QED) is 0.518. The van der Waals surface area contributed by atoms with Gasteiger partial charge in [0.25, 0.3) is 5.91 Å². The Morgan fingerprint density at radius 2 is 1.86 bits per heavy atom. The molecule has 1 aliphatic rings. The summed E-state index contributed by atoms with van der Waals surface area (Å²) in [6.07, 6.45) is 1.81. The van der Waals surface area contributed by atoms with Gasteiger partial charge in [-0.25, -0.2) is 9.97 Å². The number of benzene rings is 1. The number of hydrogen-bond donors (Lipinski definition) is 0. The maximum absolute atomic E-state index is 13.0. The Kier molecular flexibility index (Phi) is 4.20. The fourth-order valence-electron chi connectivity index (χ4n) is 3.70. The number of hydrogen-bond acceptors (Lipinski definition) is 5. The van der Waals surface area contributed by atoms with E-state index in [-0.39, 0.29) is 5.91 Å². The van der Waals surface area contributed by atoms with Gasteiger partial charge in [0.05, 0.1) is 10.4 Å². The fourth-order valence-corrected chi connectivity index (χ4v) is 4.69. The molecule has 28 heavy (non-hydrogen) atoms. The van der Waals surface area contributed by atoms with E-state index in [1.807, 2.05) is 41.4 Å². The first-order valence-corrected chi connectivity index (χ1v) is 10.3. The van der Waals surface area contributed by atoms with Crippen molar-refractivity contribution in [3.63, 3.8) is 0 Å². The second kappa shape index (κ2) is 6.87. The summed E-state index contributed by atoms with van der Waals surface area (Å²) in [6, 6.07) is 16.3. The molecule has 5 nitrogen and oxygen atoms in total. The predicted molar refractivity (Wildman–Crippen MR) is 114 cm³/mol. The van der Waals surface area contributed by atoms with Crippen LogP contribution >= 0.6 is 11.3 Å². The van der Waals surface area contributed by atoms with Crippen LogP contribution in [0.25, 0.3) is 21.1 Å². The minimum atomic E-state index is 0.101. The zero-order chi connectivity index (χ0) is 19.1. The van der Waals surface area contributed by atoms with Gasteiger partial charge in [0, 0.05) is 43.1 Å². The van der Waals surface area contributed by atoms with Crippen molar-refractivity contribution >= 4 is 44.2 Å². The molecule has 0 bridgehead atoms. The van der Waals surface area contributed by atoms with Gasteiger partial charge in [-0.05, 0) is 43.3 Å². The first-order chi connectivity index (χ1) is 13.7. The third-order valence-corrected chi connectivity index (χ3v) is 6.24. The number of carbonyl (C=O) groups excluding carboxylic acids is 1. The summed E-state index contributed by atoms with van der Waals surface area (Å²) in [5, 5.41) is 2.16. The number of anilines is 1. The lowest BCUT2D eigenvalue weighted by Crippen LogP contribution is -2.48. The van der Waals surface area contributed by atoms with Crippen LogP contribution in [0.15, 0.2) is 54.7 Å². The van der Waals surface area contributed by atoms with Gasteiger partial charge >= 0.3 is 0 Å². The lowest BCUT2D eigenvalue weighted by Gasteiger charge is -2.35. The van der Waals surface area contributed by atoms with Crippen LogP contribution in [0.5, 0.6) is 0 Å². The van der Waals surface area contributed by atoms with Crippen molar-refractivity contribution in [3.05, 3.63) is 65.2 Å². The van der Waals surface area contributed by atoms with Gasteiger partial charge in [-0.3, -0.25) is 4.79 Å². The van der Waals surface area contributed by atoms with Crippen molar-refractivity contribution < 1.29 is 4.79 Å². The molecule has 1 fully saturated rings. The molecule has 4 aromatic rings. The van der Waals surface area contributed by atoms with Crippen molar-refractivity contribution in [2.75, 3.05) is 31.1 Å². The molecule has 1 aliphatic heterocycles. The molecule has 140 valence electrons. The first-order valence-electron chi connectivity index (χ1n) is 9.43. The Hall–Kier alpha value is -2.99. The van der Waals surface area contributed by atoms with E-state index in [0.717, 1.165) is 44.9 Å². The van der Waals surface area contributed by atoms with Crippen LogP contribution < -0.4 is 4.90 Å². The standard InChI is InChI=1S/C22H20N4OS/c1-15-5-6-18-16(12-15)13-17-14-19(28-21(17)24-18)22(27)26-10-8-25(9-11-26)20-4-2-3-7-23-20/h2-7,12-14H,8-11H2,1H3. The second-order valence-electron chi connectivity index (χ2n) is 7.16. The van der Waals surface area contributed by atoms with Gasteiger partial charge in [0.2, 0.25) is 0 Å². The average molecular weight is 388 g/mol. The van der Waals surface area contributed by atoms with Gasteiger partial charge in [0.15, 0.2) is 0 Å². The molecular weight excluding hydrogens is 368 g/mol. The highest BCUT2D eigenvalue weighted by atomic mass is 32.1. The van der Waals surface area contributed by atoms with E-state index in [9.17, 15) is 4.79 Å². The summed E-state index contributed by atoms with van der Waals surface area (Å²) in [5.41, 5.74) is 2.19. The monoisotopic (exact) mass is 388 g/mol. The van der Waals surface area contributed by atoms with Gasteiger partial charge in [-0.2, -0.15) is 0 Å². The number of aromatic nitrogens is 2. The van der Waals surface area contributed by atoms with Crippen LogP contribution in [0.4, 0.5) is 5.82 Å². The van der Waals surface area contributed by atoms with Crippen molar-refractivity contribution in [2.24, 2.45) is 0 Å². The summed E-state index contributed by atoms with van der Waals surface area (Å²) in [7, 11) is 0. The van der Waals surface area contributed by atoms with Gasteiger partial charge in [0.1, 0.15) is 10.6 Å². The molecule has 0 saturated carbocycles. The highest BCUT2D eigenvalue weighted by Gasteiger charge is 2.24. The van der Waals surface area contributed by atoms with Crippen molar-refractivity contribution in [3.8, 4) is 0 Å². The van der Waals surface area contributed by atoms with Crippen LogP contribution in [0.1, 0.15) is 15.2 Å². The summed E-state index contributed by atoms with van der Waals surface area (Å²) >= 11 is 1.49. The molecule has 1 amide bonds. The molecular formula is C22H20N4OS. The topological polar surface area (TPSA) is 49.3 Å². The summed E-state index contributed by atoms with van der Waals surface area (Å²) < 4.78 is 0. The molecule has 6 heteroatoms. The fraction of sp³-hybridized carbons (Fsp3) is 0.227. The molecule has 0 aliphatic carbocycles. The Morgan fingerprint density at radius 1 is 1.00 bits per heavy atom. The van der Waals surface area contributed by atoms with E-state index >= 15 is 0 Å². The van der Waals surface area contributed by atoms with E-state index in [0.29, 0.717) is 13.1 Å². The SMILES string of the molecule is Cc1ccc2nc3sc(C(=O)N4CCN(c5ccccn5)CC4)cc3cc2c1. The van der Waals surface area contributed by atoms with E-state index < -0.39 is 0 Å². The van der Waals surface area contributed by atoms with Gasteiger partial charge in [-0.15, -0.1) is 11.3 Å². The number of amides is 1. The minimum Gasteiger partial charge on any atom is -0.353 e. The molecule has 0 atom stereocenters. The molecule has 4 heterocycles. The number of fused-ring (bicyclic) bond motifs is 2. The number of carbonyl (C=O) groups is 1. The Balaban J connectivity index is 1.36. The predicted octanol–water partition coefficient (Wildman–Crippen LogP) is 4.12. The van der Waals surface area contributed by atoms with Gasteiger partial charge in [-0.1, -0.05) is 17.7 Å². The summed E-state index contributed by atoms with van der Waals surface area (Å²) in [6.45, 7) is 5.09. The normalized spacial score (nSPS) is 14.8. The van der Waals surface area contributed by atoms with E-state index in [1.54, 1.807) is 0 Å². The molecule has 5 rings (SSSR count). The Morgan fingerprint density at radius 3 is 2.64 bits per heavy atom. The van der Waals surface area contributed by atoms with E-state index in [2.05, 4.69) is 35.0 Å². The van der Waals surface area contributed by atoms with Crippen molar-refractivity contribution in [2.45, 2.75) is 6.92 Å². The third kappa shape index (κ3) is 3.10. The number of rotatable bonds is 2. The third-order valence-electron chi connectivity index (χ3n) is 5.21. The first kappa shape index (κ1) is 17.1. The highest BCUT2D eigenvalue weighted by molar-refractivity contribution is 7.20. The lowest BCUT2D eigenvalue weighted by molar-refractivity contribution is 0.0751. The molecule has 1 aromatic carbocycles. The molecule has 3 aromatic heterocycles. The van der Waals surface area contributed by atoms with Crippen LogP contribution in [-0.2, 0) is 0 Å². The number of aryl methyl sites for hydroxylation is 1. The van der Waals surface area contributed by atoms with Crippen molar-refractivity contribution in [1.82, 2.24) is 14.9 Å². The maximum atomic E-state index is 13.0. The molecule has 1 saturated heterocycles. The number of thiophene rings is 1. The molecule has 0 spiro atoms. The Labute approximate surface area is 167 Å². The van der Waals surface area contributed by atoms with E-state index in [4.69, 9.17) is 4.98 Å². The zero-order valence-electron chi connectivity index (χ0n) is 15.6. The second-order valence-corrected chi connectivity index (χ2v) is 8.19. The highest BCUT2D eigenvalue weighted by Crippen LogP contribution is 2.29. The van der Waals surface area contributed by atoms with Crippen LogP contribution in [0, 0.1) is 6.92 Å². The van der Waals surface area contributed by atoms with Crippen LogP contribution in [-0.4, -0.2) is 47.0 Å². The smallest absolute Gasteiger partial charge is 0.264 e. The minimum absolute atomic E-state index is 0.101. The zero-order valence-corrected chi connectivity index (χ0v) is 16.4. The van der Waals surface area contributed by atoms with Crippen molar-refractivity contribution in [1.29, 1.82) is 0 Å². The molecule has 0 radical (unpaired) electrons. The van der Waals surface area contributed by atoms with E-state index in [1.165, 1.54) is 16.9 Å². The Bertz CT molecular complexity index is 1160. The number of nitrogens with zero attached hydrogens (tertiary/aromatic N) is 4. The van der Waals surface area contributed by atoms with Gasteiger partial charge < -0.3 is 9.80 Å². The van der Waals surface area contributed by atoms with Crippen LogP contribution in [0.3, 0.4) is 0 Å². The summed E-state index contributed by atoms with van der Waals surface area (Å²) in [4.78, 5) is 28.0. The molecule has 0 N–H and O–H groups in total. The maximum Gasteiger partial charge on any atom is 0.264 e. The van der Waals surface area contributed by atoms with Crippen LogP contribution in [0.2, 0.25) is 0 Å². The largest absolute Gasteiger partial charge is 0.353 e. The molecule has 0 unspecified atom stereocenters. The average Bonchev–Trinajstić information content (AvgIpc) is 3.15. The number of pyridine rings is 2. The number of piperazine rings is 1.